The topological polar surface area (TPSA) is 43.4 Å². The lowest BCUT2D eigenvalue weighted by atomic mass is 9.47. The van der Waals surface area contributed by atoms with E-state index >= 15 is 0 Å². The van der Waals surface area contributed by atoms with Gasteiger partial charge in [0, 0.05) is 23.7 Å². The van der Waals surface area contributed by atoms with Crippen LogP contribution >= 0.6 is 0 Å². The Balaban J connectivity index is 1.83. The molecular weight excluding hydrogens is 288 g/mol. The van der Waals surface area contributed by atoms with Crippen LogP contribution in [-0.2, 0) is 14.3 Å². The smallest absolute Gasteiger partial charge is 0.313 e. The molecular formula is C20H28O3. The van der Waals surface area contributed by atoms with Crippen molar-refractivity contribution in [1.82, 2.24) is 0 Å². The molecule has 3 heteroatoms. The van der Waals surface area contributed by atoms with Crippen LogP contribution in [0.4, 0.5) is 0 Å². The quantitative estimate of drug-likeness (QED) is 0.546. The monoisotopic (exact) mass is 316 g/mol. The number of allylic oxidation sites excluding steroid dienone is 1. The van der Waals surface area contributed by atoms with Gasteiger partial charge in [-0.05, 0) is 37.0 Å². The van der Waals surface area contributed by atoms with Gasteiger partial charge in [-0.25, -0.2) is 0 Å². The third-order valence-corrected chi connectivity index (χ3v) is 7.36. The van der Waals surface area contributed by atoms with Crippen LogP contribution in [0.2, 0.25) is 0 Å². The van der Waals surface area contributed by atoms with Gasteiger partial charge in [-0.3, -0.25) is 9.59 Å². The first-order valence-corrected chi connectivity index (χ1v) is 9.28. The number of fused-ring (bicyclic) bond motifs is 2. The molecule has 2 saturated carbocycles. The average molecular weight is 316 g/mol. The van der Waals surface area contributed by atoms with Gasteiger partial charge >= 0.3 is 5.97 Å². The van der Waals surface area contributed by atoms with Crippen molar-refractivity contribution in [3.05, 3.63) is 11.6 Å². The van der Waals surface area contributed by atoms with Crippen LogP contribution in [0.5, 0.6) is 0 Å². The summed E-state index contributed by atoms with van der Waals surface area (Å²) in [6, 6.07) is 0. The molecule has 0 bridgehead atoms. The molecule has 1 saturated heterocycles. The molecule has 126 valence electrons. The minimum absolute atomic E-state index is 0.0609. The minimum Gasteiger partial charge on any atom is -0.461 e. The van der Waals surface area contributed by atoms with Crippen molar-refractivity contribution >= 4 is 11.8 Å². The standard InChI is InChI=1S/C20H28O3/c1-10(2)13-9-16(21)20(4)15-6-5-11(3)7-12(15)8-14-17(20)18(13)23-19(14)22/h8,10-11,13-15,17-18H,5-7,9H2,1-4H3/t11-,13-,14?,15-,17+,18+,20-/m0/s1. The molecule has 1 unspecified atom stereocenters. The van der Waals surface area contributed by atoms with E-state index in [9.17, 15) is 9.59 Å². The van der Waals surface area contributed by atoms with Crippen LogP contribution in [0.15, 0.2) is 11.6 Å². The van der Waals surface area contributed by atoms with E-state index in [1.165, 1.54) is 12.0 Å². The zero-order valence-corrected chi connectivity index (χ0v) is 14.7. The molecule has 0 aromatic carbocycles. The Bertz CT molecular complexity index is 590. The van der Waals surface area contributed by atoms with Crippen LogP contribution < -0.4 is 0 Å². The number of carbonyl (C=O) groups excluding carboxylic acids is 2. The van der Waals surface area contributed by atoms with Gasteiger partial charge in [0.15, 0.2) is 0 Å². The van der Waals surface area contributed by atoms with Gasteiger partial charge < -0.3 is 4.74 Å². The van der Waals surface area contributed by atoms with E-state index in [1.54, 1.807) is 0 Å². The summed E-state index contributed by atoms with van der Waals surface area (Å²) in [7, 11) is 0. The zero-order chi connectivity index (χ0) is 16.5. The Labute approximate surface area is 138 Å². The molecule has 23 heavy (non-hydrogen) atoms. The fourth-order valence-electron chi connectivity index (χ4n) is 6.04. The number of esters is 1. The molecule has 0 amide bonds. The molecule has 3 aliphatic carbocycles. The predicted octanol–water partition coefficient (Wildman–Crippen LogP) is 3.77. The second kappa shape index (κ2) is 4.94. The van der Waals surface area contributed by atoms with Crippen molar-refractivity contribution in [1.29, 1.82) is 0 Å². The molecule has 0 aromatic heterocycles. The minimum atomic E-state index is -0.392. The first-order chi connectivity index (χ1) is 10.8. The number of rotatable bonds is 1. The molecule has 1 heterocycles. The van der Waals surface area contributed by atoms with Gasteiger partial charge in [-0.2, -0.15) is 0 Å². The van der Waals surface area contributed by atoms with E-state index in [4.69, 9.17) is 4.74 Å². The first-order valence-electron chi connectivity index (χ1n) is 9.28. The third kappa shape index (κ3) is 1.94. The van der Waals surface area contributed by atoms with Gasteiger partial charge in [-0.1, -0.05) is 39.3 Å². The summed E-state index contributed by atoms with van der Waals surface area (Å²) in [6.45, 7) is 8.72. The summed E-state index contributed by atoms with van der Waals surface area (Å²) in [5.41, 5.74) is 0.971. The molecule has 3 fully saturated rings. The predicted molar refractivity (Wildman–Crippen MR) is 87.5 cm³/mol. The van der Waals surface area contributed by atoms with Crippen molar-refractivity contribution in [2.75, 3.05) is 0 Å². The summed E-state index contributed by atoms with van der Waals surface area (Å²) < 4.78 is 5.86. The van der Waals surface area contributed by atoms with Gasteiger partial charge in [0.2, 0.25) is 0 Å². The fourth-order valence-corrected chi connectivity index (χ4v) is 6.04. The maximum atomic E-state index is 13.2. The highest BCUT2D eigenvalue weighted by molar-refractivity contribution is 5.90. The van der Waals surface area contributed by atoms with E-state index in [1.807, 2.05) is 0 Å². The van der Waals surface area contributed by atoms with Crippen LogP contribution in [0.25, 0.3) is 0 Å². The average Bonchev–Trinajstić information content (AvgIpc) is 2.80. The van der Waals surface area contributed by atoms with Crippen molar-refractivity contribution in [2.24, 2.45) is 40.9 Å². The number of ketones is 1. The number of ether oxygens (including phenoxy) is 1. The highest BCUT2D eigenvalue weighted by atomic mass is 16.6. The lowest BCUT2D eigenvalue weighted by Gasteiger charge is -2.54. The van der Waals surface area contributed by atoms with Crippen LogP contribution in [0.1, 0.15) is 53.4 Å². The zero-order valence-electron chi connectivity index (χ0n) is 14.7. The first kappa shape index (κ1) is 15.4. The normalized spacial score (nSPS) is 48.7. The molecule has 0 radical (unpaired) electrons. The molecule has 1 aliphatic heterocycles. The molecule has 0 N–H and O–H groups in total. The summed E-state index contributed by atoms with van der Waals surface area (Å²) in [6.07, 6.45) is 6.04. The Morgan fingerprint density at radius 2 is 1.96 bits per heavy atom. The van der Waals surface area contributed by atoms with Crippen molar-refractivity contribution in [2.45, 2.75) is 59.5 Å². The van der Waals surface area contributed by atoms with Gasteiger partial charge in [-0.15, -0.1) is 0 Å². The Morgan fingerprint density at radius 1 is 1.22 bits per heavy atom. The second-order valence-electron chi connectivity index (χ2n) is 8.95. The van der Waals surface area contributed by atoms with Crippen molar-refractivity contribution < 1.29 is 14.3 Å². The molecule has 3 nitrogen and oxygen atoms in total. The number of carbonyl (C=O) groups is 2. The number of hydrogen-bond acceptors (Lipinski definition) is 3. The Hall–Kier alpha value is -1.12. The van der Waals surface area contributed by atoms with Crippen LogP contribution in [-0.4, -0.2) is 17.9 Å². The van der Waals surface area contributed by atoms with Crippen molar-refractivity contribution in [3.8, 4) is 0 Å². The van der Waals surface area contributed by atoms with E-state index in [0.717, 1.165) is 12.8 Å². The van der Waals surface area contributed by atoms with E-state index in [2.05, 4.69) is 33.8 Å². The van der Waals surface area contributed by atoms with E-state index in [-0.39, 0.29) is 29.8 Å². The Morgan fingerprint density at radius 3 is 2.65 bits per heavy atom. The number of hydrogen-bond donors (Lipinski definition) is 0. The maximum Gasteiger partial charge on any atom is 0.313 e. The van der Waals surface area contributed by atoms with Gasteiger partial charge in [0.1, 0.15) is 11.9 Å². The summed E-state index contributed by atoms with van der Waals surface area (Å²) in [5.74, 6) is 1.72. The summed E-state index contributed by atoms with van der Waals surface area (Å²) in [5, 5.41) is 0. The Kier molecular flexibility index (Phi) is 3.31. The fraction of sp³-hybridized carbons (Fsp3) is 0.800. The second-order valence-corrected chi connectivity index (χ2v) is 8.95. The summed E-state index contributed by atoms with van der Waals surface area (Å²) >= 11 is 0. The lowest BCUT2D eigenvalue weighted by molar-refractivity contribution is -0.156. The van der Waals surface area contributed by atoms with E-state index < -0.39 is 5.41 Å². The largest absolute Gasteiger partial charge is 0.461 e. The van der Waals surface area contributed by atoms with Crippen LogP contribution in [0, 0.1) is 40.9 Å². The van der Waals surface area contributed by atoms with E-state index in [0.29, 0.717) is 30.0 Å². The van der Waals surface area contributed by atoms with Crippen molar-refractivity contribution in [3.63, 3.8) is 0 Å². The lowest BCUT2D eigenvalue weighted by Crippen LogP contribution is -2.57. The summed E-state index contributed by atoms with van der Waals surface area (Å²) in [4.78, 5) is 25.8. The highest BCUT2D eigenvalue weighted by Gasteiger charge is 2.66. The maximum absolute atomic E-state index is 13.2. The third-order valence-electron chi connectivity index (χ3n) is 7.36. The molecule has 4 rings (SSSR count). The molecule has 0 aromatic rings. The van der Waals surface area contributed by atoms with Gasteiger partial charge in [0.05, 0.1) is 5.92 Å². The molecule has 4 aliphatic rings. The highest BCUT2D eigenvalue weighted by Crippen LogP contribution is 2.62. The van der Waals surface area contributed by atoms with Gasteiger partial charge in [0.25, 0.3) is 0 Å². The molecule has 7 atom stereocenters. The SMILES string of the molecule is CC(C)[C@@H]1CC(=O)[C@@]2(C)[C@@H]3C(C=C4C[C@@H](C)CC[C@@H]42)C(=O)O[C@@H]31. The number of Topliss-reactive ketones (excluding diaryl/α,β-unsaturated/α-hetero) is 1. The molecule has 0 spiro atoms. The van der Waals surface area contributed by atoms with Crippen LogP contribution in [0.3, 0.4) is 0 Å².